The standard InChI is InChI=1S/C21H38O4/c1-2-3-4-5-7-10-18(22)15-13-17-14-16-20(23)19(17)11-8-6-9-12-21(24)25/h13,15,17-20,22-23H,2-12,14,16H2,1H3,(H,24,25)/b15-13+. The summed E-state index contributed by atoms with van der Waals surface area (Å²) in [6.07, 6.45) is 15.9. The number of allylic oxidation sites excluding steroid dienone is 1. The van der Waals surface area contributed by atoms with Crippen molar-refractivity contribution < 1.29 is 20.1 Å². The highest BCUT2D eigenvalue weighted by molar-refractivity contribution is 5.66. The summed E-state index contributed by atoms with van der Waals surface area (Å²) in [5.41, 5.74) is 0. The van der Waals surface area contributed by atoms with E-state index in [2.05, 4.69) is 13.0 Å². The third kappa shape index (κ3) is 10.0. The van der Waals surface area contributed by atoms with E-state index >= 15 is 0 Å². The Labute approximate surface area is 153 Å². The first-order chi connectivity index (χ1) is 12.0. The molecule has 146 valence electrons. The number of carbonyl (C=O) groups is 1. The molecule has 1 saturated carbocycles. The van der Waals surface area contributed by atoms with Gasteiger partial charge in [0.1, 0.15) is 0 Å². The van der Waals surface area contributed by atoms with Crippen LogP contribution in [0.25, 0.3) is 0 Å². The molecule has 1 aliphatic carbocycles. The topological polar surface area (TPSA) is 77.8 Å². The number of aliphatic hydroxyl groups is 2. The minimum absolute atomic E-state index is 0.237. The first kappa shape index (κ1) is 22.2. The molecule has 4 atom stereocenters. The normalized spacial score (nSPS) is 24.8. The summed E-state index contributed by atoms with van der Waals surface area (Å²) in [4.78, 5) is 10.5. The van der Waals surface area contributed by atoms with Crippen molar-refractivity contribution in [3.8, 4) is 0 Å². The van der Waals surface area contributed by atoms with E-state index in [1.165, 1.54) is 25.7 Å². The second-order valence-corrected chi connectivity index (χ2v) is 7.62. The molecule has 1 rings (SSSR count). The summed E-state index contributed by atoms with van der Waals surface area (Å²) in [6, 6.07) is 0. The Hall–Kier alpha value is -0.870. The Morgan fingerprint density at radius 2 is 1.80 bits per heavy atom. The van der Waals surface area contributed by atoms with Gasteiger partial charge in [-0.25, -0.2) is 0 Å². The first-order valence-electron chi connectivity index (χ1n) is 10.3. The van der Waals surface area contributed by atoms with Crippen molar-refractivity contribution in [2.24, 2.45) is 11.8 Å². The lowest BCUT2D eigenvalue weighted by atomic mass is 9.88. The summed E-state index contributed by atoms with van der Waals surface area (Å²) < 4.78 is 0. The van der Waals surface area contributed by atoms with E-state index in [0.29, 0.717) is 5.92 Å². The lowest BCUT2D eigenvalue weighted by Crippen LogP contribution is -2.18. The van der Waals surface area contributed by atoms with Crippen LogP contribution in [0.4, 0.5) is 0 Å². The van der Waals surface area contributed by atoms with Gasteiger partial charge in [0.05, 0.1) is 12.2 Å². The second kappa shape index (κ2) is 13.3. The minimum atomic E-state index is -0.731. The number of carboxylic acid groups (broad SMARTS) is 1. The molecule has 1 aliphatic rings. The number of aliphatic carboxylic acids is 1. The number of unbranched alkanes of at least 4 members (excludes halogenated alkanes) is 6. The van der Waals surface area contributed by atoms with Crippen molar-refractivity contribution in [3.63, 3.8) is 0 Å². The van der Waals surface area contributed by atoms with Gasteiger partial charge in [0.15, 0.2) is 0 Å². The largest absolute Gasteiger partial charge is 0.481 e. The zero-order chi connectivity index (χ0) is 18.5. The van der Waals surface area contributed by atoms with Gasteiger partial charge in [-0.05, 0) is 43.9 Å². The second-order valence-electron chi connectivity index (χ2n) is 7.62. The van der Waals surface area contributed by atoms with Gasteiger partial charge in [0, 0.05) is 6.42 Å². The molecule has 0 heterocycles. The van der Waals surface area contributed by atoms with Gasteiger partial charge in [0.2, 0.25) is 0 Å². The van der Waals surface area contributed by atoms with Crippen LogP contribution in [0.2, 0.25) is 0 Å². The van der Waals surface area contributed by atoms with E-state index in [1.54, 1.807) is 0 Å². The highest BCUT2D eigenvalue weighted by Crippen LogP contribution is 2.36. The van der Waals surface area contributed by atoms with Crippen LogP contribution in [0.1, 0.15) is 90.4 Å². The molecule has 3 N–H and O–H groups in total. The molecule has 1 fully saturated rings. The average molecular weight is 355 g/mol. The van der Waals surface area contributed by atoms with E-state index in [9.17, 15) is 15.0 Å². The van der Waals surface area contributed by atoms with Crippen molar-refractivity contribution in [1.29, 1.82) is 0 Å². The Morgan fingerprint density at radius 3 is 2.52 bits per heavy atom. The molecule has 4 heteroatoms. The van der Waals surface area contributed by atoms with Crippen LogP contribution >= 0.6 is 0 Å². The maximum atomic E-state index is 10.5. The number of rotatable bonds is 14. The van der Waals surface area contributed by atoms with Crippen molar-refractivity contribution in [2.45, 2.75) is 103 Å². The molecule has 0 aromatic rings. The first-order valence-corrected chi connectivity index (χ1v) is 10.3. The predicted molar refractivity (Wildman–Crippen MR) is 101 cm³/mol. The molecule has 0 aromatic heterocycles. The van der Waals surface area contributed by atoms with E-state index in [1.807, 2.05) is 6.08 Å². The lowest BCUT2D eigenvalue weighted by molar-refractivity contribution is -0.137. The lowest BCUT2D eigenvalue weighted by Gasteiger charge is -2.20. The maximum Gasteiger partial charge on any atom is 0.303 e. The van der Waals surface area contributed by atoms with Crippen LogP contribution in [0.5, 0.6) is 0 Å². The van der Waals surface area contributed by atoms with E-state index in [0.717, 1.165) is 51.4 Å². The number of hydrogen-bond acceptors (Lipinski definition) is 3. The van der Waals surface area contributed by atoms with Gasteiger partial charge in [-0.3, -0.25) is 4.79 Å². The van der Waals surface area contributed by atoms with Gasteiger partial charge < -0.3 is 15.3 Å². The molecule has 0 aliphatic heterocycles. The molecular weight excluding hydrogens is 316 g/mol. The van der Waals surface area contributed by atoms with Gasteiger partial charge in [-0.15, -0.1) is 0 Å². The predicted octanol–water partition coefficient (Wildman–Crippen LogP) is 4.69. The molecule has 0 spiro atoms. The Bertz CT molecular complexity index is 380. The monoisotopic (exact) mass is 354 g/mol. The zero-order valence-electron chi connectivity index (χ0n) is 15.9. The fourth-order valence-corrected chi connectivity index (χ4v) is 3.88. The molecule has 0 bridgehead atoms. The van der Waals surface area contributed by atoms with Crippen LogP contribution < -0.4 is 0 Å². The molecule has 4 nitrogen and oxygen atoms in total. The van der Waals surface area contributed by atoms with Crippen LogP contribution in [-0.4, -0.2) is 33.5 Å². The molecule has 25 heavy (non-hydrogen) atoms. The summed E-state index contributed by atoms with van der Waals surface area (Å²) in [7, 11) is 0. The van der Waals surface area contributed by atoms with Crippen LogP contribution in [0.3, 0.4) is 0 Å². The van der Waals surface area contributed by atoms with Gasteiger partial charge >= 0.3 is 5.97 Å². The highest BCUT2D eigenvalue weighted by Gasteiger charge is 2.32. The fourth-order valence-electron chi connectivity index (χ4n) is 3.88. The molecule has 0 aromatic carbocycles. The van der Waals surface area contributed by atoms with E-state index < -0.39 is 5.97 Å². The van der Waals surface area contributed by atoms with Gasteiger partial charge in [0.25, 0.3) is 0 Å². The van der Waals surface area contributed by atoms with E-state index in [4.69, 9.17) is 5.11 Å². The van der Waals surface area contributed by atoms with Crippen molar-refractivity contribution in [1.82, 2.24) is 0 Å². The third-order valence-corrected chi connectivity index (χ3v) is 5.45. The Morgan fingerprint density at radius 1 is 1.08 bits per heavy atom. The number of aliphatic hydroxyl groups excluding tert-OH is 2. The Kier molecular flexibility index (Phi) is 11.8. The van der Waals surface area contributed by atoms with Crippen LogP contribution in [0, 0.1) is 11.8 Å². The summed E-state index contributed by atoms with van der Waals surface area (Å²) in [6.45, 7) is 2.20. The summed E-state index contributed by atoms with van der Waals surface area (Å²) >= 11 is 0. The van der Waals surface area contributed by atoms with Gasteiger partial charge in [-0.1, -0.05) is 64.0 Å². The quantitative estimate of drug-likeness (QED) is 0.312. The molecule has 0 saturated heterocycles. The smallest absolute Gasteiger partial charge is 0.303 e. The Balaban J connectivity index is 2.26. The third-order valence-electron chi connectivity index (χ3n) is 5.45. The van der Waals surface area contributed by atoms with Crippen LogP contribution in [-0.2, 0) is 4.79 Å². The molecular formula is C21H38O4. The van der Waals surface area contributed by atoms with Crippen molar-refractivity contribution in [3.05, 3.63) is 12.2 Å². The molecule has 0 amide bonds. The summed E-state index contributed by atoms with van der Waals surface area (Å²) in [5.74, 6) is -0.118. The van der Waals surface area contributed by atoms with Crippen molar-refractivity contribution >= 4 is 5.97 Å². The number of carboxylic acids is 1. The average Bonchev–Trinajstić information content (AvgIpc) is 2.92. The minimum Gasteiger partial charge on any atom is -0.481 e. The highest BCUT2D eigenvalue weighted by atomic mass is 16.4. The molecule has 4 unspecified atom stereocenters. The number of hydrogen-bond donors (Lipinski definition) is 3. The van der Waals surface area contributed by atoms with Crippen molar-refractivity contribution in [2.75, 3.05) is 0 Å². The maximum absolute atomic E-state index is 10.5. The SMILES string of the molecule is CCCCCCCC(O)/C=C/C1CCC(O)C1CCCCCC(=O)O. The fraction of sp³-hybridized carbons (Fsp3) is 0.857. The zero-order valence-corrected chi connectivity index (χ0v) is 15.9. The van der Waals surface area contributed by atoms with Gasteiger partial charge in [-0.2, -0.15) is 0 Å². The molecule has 0 radical (unpaired) electrons. The summed E-state index contributed by atoms with van der Waals surface area (Å²) in [5, 5.41) is 29.0. The van der Waals surface area contributed by atoms with E-state index in [-0.39, 0.29) is 24.5 Å². The van der Waals surface area contributed by atoms with Crippen LogP contribution in [0.15, 0.2) is 12.2 Å².